The fourth-order valence-electron chi connectivity index (χ4n) is 1.83. The van der Waals surface area contributed by atoms with Crippen molar-refractivity contribution < 1.29 is 9.15 Å². The first-order chi connectivity index (χ1) is 11.1. The van der Waals surface area contributed by atoms with E-state index in [1.807, 2.05) is 0 Å². The molecule has 0 saturated heterocycles. The summed E-state index contributed by atoms with van der Waals surface area (Å²) in [6.07, 6.45) is 1.56. The van der Waals surface area contributed by atoms with Crippen molar-refractivity contribution in [1.29, 1.82) is 0 Å². The van der Waals surface area contributed by atoms with E-state index in [0.717, 1.165) is 0 Å². The summed E-state index contributed by atoms with van der Waals surface area (Å²) in [7, 11) is 0. The first kappa shape index (κ1) is 16.0. The molecule has 3 rings (SSSR count). The highest BCUT2D eigenvalue weighted by Gasteiger charge is 2.14. The van der Waals surface area contributed by atoms with E-state index in [2.05, 4.69) is 10.2 Å². The van der Waals surface area contributed by atoms with Crippen molar-refractivity contribution in [2.75, 3.05) is 18.2 Å². The molecule has 23 heavy (non-hydrogen) atoms. The number of nitrogens with zero attached hydrogens (tertiary/aromatic N) is 3. The second kappa shape index (κ2) is 7.16. The van der Waals surface area contributed by atoms with E-state index in [0.29, 0.717) is 44.9 Å². The second-order valence-electron chi connectivity index (χ2n) is 4.43. The van der Waals surface area contributed by atoms with Gasteiger partial charge in [0.05, 0.1) is 17.9 Å². The van der Waals surface area contributed by atoms with E-state index in [9.17, 15) is 0 Å². The van der Waals surface area contributed by atoms with E-state index < -0.39 is 0 Å². The van der Waals surface area contributed by atoms with Gasteiger partial charge < -0.3 is 15.0 Å². The number of nitrogens with two attached hydrogens (primary N) is 1. The number of thioether (sulfide) groups is 1. The third kappa shape index (κ3) is 3.74. The number of ether oxygens (including phenoxy) is 1. The Bertz CT molecular complexity index is 792. The lowest BCUT2D eigenvalue weighted by molar-refractivity contribution is 0.344. The Morgan fingerprint density at radius 3 is 2.87 bits per heavy atom. The molecular formula is C14H12Cl2N4O2S. The predicted octanol–water partition coefficient (Wildman–Crippen LogP) is 3.73. The number of furan rings is 1. The molecule has 2 aromatic heterocycles. The number of rotatable bonds is 6. The summed E-state index contributed by atoms with van der Waals surface area (Å²) < 4.78 is 12.2. The molecule has 0 unspecified atom stereocenters. The molecular weight excluding hydrogens is 359 g/mol. The van der Waals surface area contributed by atoms with Gasteiger partial charge in [0.1, 0.15) is 5.75 Å². The minimum absolute atomic E-state index is 0.439. The molecule has 6 nitrogen and oxygen atoms in total. The van der Waals surface area contributed by atoms with E-state index in [4.69, 9.17) is 38.2 Å². The van der Waals surface area contributed by atoms with Crippen molar-refractivity contribution in [3.63, 3.8) is 0 Å². The maximum Gasteiger partial charge on any atom is 0.218 e. The molecule has 3 aromatic rings. The molecule has 0 aliphatic carbocycles. The molecule has 0 bridgehead atoms. The third-order valence-corrected chi connectivity index (χ3v) is 4.31. The van der Waals surface area contributed by atoms with Crippen LogP contribution in [0.15, 0.2) is 46.2 Å². The van der Waals surface area contributed by atoms with Crippen LogP contribution in [0.4, 0.5) is 0 Å². The number of halogens is 2. The minimum Gasteiger partial charge on any atom is -0.491 e. The van der Waals surface area contributed by atoms with Gasteiger partial charge in [0.2, 0.25) is 11.0 Å². The van der Waals surface area contributed by atoms with Crippen molar-refractivity contribution in [3.8, 4) is 17.3 Å². The van der Waals surface area contributed by atoms with E-state index in [-0.39, 0.29) is 0 Å². The molecule has 120 valence electrons. The summed E-state index contributed by atoms with van der Waals surface area (Å²) in [5.74, 6) is 8.22. The van der Waals surface area contributed by atoms with E-state index >= 15 is 0 Å². The zero-order valence-corrected chi connectivity index (χ0v) is 14.1. The van der Waals surface area contributed by atoms with Gasteiger partial charge >= 0.3 is 0 Å². The Kier molecular flexibility index (Phi) is 5.00. The van der Waals surface area contributed by atoms with Gasteiger partial charge in [0.15, 0.2) is 5.76 Å². The maximum atomic E-state index is 6.04. The number of nitrogen functional groups attached to an aromatic ring is 1. The van der Waals surface area contributed by atoms with Crippen LogP contribution in [0.2, 0.25) is 10.0 Å². The normalized spacial score (nSPS) is 10.9. The first-order valence-electron chi connectivity index (χ1n) is 6.60. The fourth-order valence-corrected chi connectivity index (χ4v) is 2.96. The summed E-state index contributed by atoms with van der Waals surface area (Å²) in [5.41, 5.74) is 0. The summed E-state index contributed by atoms with van der Waals surface area (Å²) in [5, 5.41) is 9.67. The molecule has 1 aromatic carbocycles. The molecule has 2 N–H and O–H groups in total. The van der Waals surface area contributed by atoms with Crippen molar-refractivity contribution in [2.45, 2.75) is 5.16 Å². The fraction of sp³-hybridized carbons (Fsp3) is 0.143. The van der Waals surface area contributed by atoms with Crippen LogP contribution in [0.5, 0.6) is 5.75 Å². The maximum absolute atomic E-state index is 6.04. The van der Waals surface area contributed by atoms with Crippen LogP contribution in [0, 0.1) is 0 Å². The van der Waals surface area contributed by atoms with Crippen LogP contribution < -0.4 is 10.6 Å². The van der Waals surface area contributed by atoms with E-state index in [1.165, 1.54) is 16.4 Å². The lowest BCUT2D eigenvalue weighted by Gasteiger charge is -2.07. The van der Waals surface area contributed by atoms with Gasteiger partial charge in [-0.3, -0.25) is 0 Å². The molecule has 0 amide bonds. The molecule has 9 heteroatoms. The Hall–Kier alpha value is -1.83. The van der Waals surface area contributed by atoms with Crippen LogP contribution in [0.3, 0.4) is 0 Å². The lowest BCUT2D eigenvalue weighted by Crippen LogP contribution is -2.12. The van der Waals surface area contributed by atoms with Crippen LogP contribution in [0.1, 0.15) is 0 Å². The number of hydrogen-bond donors (Lipinski definition) is 1. The van der Waals surface area contributed by atoms with Crippen LogP contribution in [-0.2, 0) is 0 Å². The van der Waals surface area contributed by atoms with Gasteiger partial charge in [-0.25, -0.2) is 4.68 Å². The Morgan fingerprint density at radius 2 is 2.13 bits per heavy atom. The summed E-state index contributed by atoms with van der Waals surface area (Å²) in [6, 6.07) is 8.63. The van der Waals surface area contributed by atoms with Crippen LogP contribution in [0.25, 0.3) is 11.6 Å². The highest BCUT2D eigenvalue weighted by atomic mass is 35.5. The van der Waals surface area contributed by atoms with E-state index in [1.54, 1.807) is 36.6 Å². The topological polar surface area (TPSA) is 79.1 Å². The second-order valence-corrected chi connectivity index (χ2v) is 6.33. The summed E-state index contributed by atoms with van der Waals surface area (Å²) in [4.78, 5) is 0. The predicted molar refractivity (Wildman–Crippen MR) is 90.6 cm³/mol. The quantitative estimate of drug-likeness (QED) is 0.404. The first-order valence-corrected chi connectivity index (χ1v) is 8.34. The molecule has 2 heterocycles. The van der Waals surface area contributed by atoms with Gasteiger partial charge in [-0.2, -0.15) is 0 Å². The van der Waals surface area contributed by atoms with Crippen molar-refractivity contribution in [1.82, 2.24) is 14.9 Å². The molecule has 0 saturated carbocycles. The Labute approximate surface area is 146 Å². The smallest absolute Gasteiger partial charge is 0.218 e. The Morgan fingerprint density at radius 1 is 1.26 bits per heavy atom. The van der Waals surface area contributed by atoms with Crippen LogP contribution in [-0.4, -0.2) is 27.2 Å². The lowest BCUT2D eigenvalue weighted by atomic mass is 10.3. The zero-order chi connectivity index (χ0) is 16.2. The van der Waals surface area contributed by atoms with Gasteiger partial charge in [-0.15, -0.1) is 10.2 Å². The number of aromatic nitrogens is 3. The number of hydrogen-bond acceptors (Lipinski definition) is 6. The Balaban J connectivity index is 1.55. The average molecular weight is 371 g/mol. The van der Waals surface area contributed by atoms with Gasteiger partial charge in [-0.1, -0.05) is 35.0 Å². The monoisotopic (exact) mass is 370 g/mol. The summed E-state index contributed by atoms with van der Waals surface area (Å²) >= 11 is 13.3. The largest absolute Gasteiger partial charge is 0.491 e. The van der Waals surface area contributed by atoms with Crippen molar-refractivity contribution in [3.05, 3.63) is 46.6 Å². The average Bonchev–Trinajstić information content (AvgIpc) is 3.15. The zero-order valence-electron chi connectivity index (χ0n) is 11.8. The standard InChI is InChI=1S/C14H12Cl2N4O2S/c15-9-3-4-11(10(16)8-9)22-6-7-23-14-19-18-13(20(14)17)12-2-1-5-21-12/h1-5,8H,6-7,17H2. The molecule has 0 radical (unpaired) electrons. The molecule has 0 atom stereocenters. The van der Waals surface area contributed by atoms with Gasteiger partial charge in [0.25, 0.3) is 0 Å². The molecule has 0 aliphatic heterocycles. The van der Waals surface area contributed by atoms with Crippen molar-refractivity contribution >= 4 is 35.0 Å². The highest BCUT2D eigenvalue weighted by molar-refractivity contribution is 7.99. The van der Waals surface area contributed by atoms with Crippen molar-refractivity contribution in [2.24, 2.45) is 0 Å². The minimum atomic E-state index is 0.439. The molecule has 0 fully saturated rings. The third-order valence-electron chi connectivity index (χ3n) is 2.87. The molecule has 0 spiro atoms. The highest BCUT2D eigenvalue weighted by Crippen LogP contribution is 2.28. The number of benzene rings is 1. The molecule has 0 aliphatic rings. The summed E-state index contributed by atoms with van der Waals surface area (Å²) in [6.45, 7) is 0.439. The van der Waals surface area contributed by atoms with Crippen LogP contribution >= 0.6 is 35.0 Å². The van der Waals surface area contributed by atoms with Gasteiger partial charge in [0, 0.05) is 10.8 Å². The SMILES string of the molecule is Nn1c(SCCOc2ccc(Cl)cc2Cl)nnc1-c1ccco1. The van der Waals surface area contributed by atoms with Gasteiger partial charge in [-0.05, 0) is 30.3 Å².